The van der Waals surface area contributed by atoms with E-state index in [0.717, 1.165) is 40.7 Å². The molecule has 0 atom stereocenters. The number of nitrogens with zero attached hydrogens (tertiary/aromatic N) is 3. The summed E-state index contributed by atoms with van der Waals surface area (Å²) in [6.07, 6.45) is 0. The van der Waals surface area contributed by atoms with Crippen molar-refractivity contribution >= 4 is 55.9 Å². The third-order valence-electron chi connectivity index (χ3n) is 8.83. The van der Waals surface area contributed by atoms with E-state index < -0.39 is 0 Å². The Kier molecular flexibility index (Phi) is 7.39. The van der Waals surface area contributed by atoms with Gasteiger partial charge in [0, 0.05) is 62.5 Å². The lowest BCUT2D eigenvalue weighted by molar-refractivity contribution is 0.827. The van der Waals surface area contributed by atoms with Crippen LogP contribution in [-0.2, 0) is 6.54 Å². The van der Waals surface area contributed by atoms with Gasteiger partial charge in [0.05, 0.1) is 0 Å². The molecule has 3 nitrogen and oxygen atoms in total. The summed E-state index contributed by atoms with van der Waals surface area (Å²) in [5.41, 5.74) is 14.4. The number of fused-ring (bicyclic) bond motifs is 3. The number of aromatic nitrogens is 1. The van der Waals surface area contributed by atoms with E-state index in [0.29, 0.717) is 0 Å². The summed E-state index contributed by atoms with van der Waals surface area (Å²) in [4.78, 5) is 4.73. The summed E-state index contributed by atoms with van der Waals surface area (Å²) in [5, 5.41) is 2.51. The largest absolute Gasteiger partial charge is 0.341 e. The Bertz CT molecular complexity index is 1860. The molecule has 1 aromatic heterocycles. The quantitative estimate of drug-likeness (QED) is 0.184. The fourth-order valence-corrected chi connectivity index (χ4v) is 6.37. The molecule has 3 heteroatoms. The number of anilines is 6. The summed E-state index contributed by atoms with van der Waals surface area (Å²) >= 11 is 0. The van der Waals surface area contributed by atoms with Crippen LogP contribution < -0.4 is 9.80 Å². The molecule has 7 aromatic rings. The molecule has 0 spiro atoms. The topological polar surface area (TPSA) is 11.4 Å². The van der Waals surface area contributed by atoms with Gasteiger partial charge in [-0.1, -0.05) is 70.8 Å². The summed E-state index contributed by atoms with van der Waals surface area (Å²) in [5.74, 6) is 0. The van der Waals surface area contributed by atoms with Crippen LogP contribution >= 0.6 is 0 Å². The highest BCUT2D eigenvalue weighted by Gasteiger charge is 2.19. The fraction of sp³-hybridized carbons (Fsp3) is 0.143. The molecule has 0 unspecified atom stereocenters. The second-order valence-electron chi connectivity index (χ2n) is 12.2. The normalized spacial score (nSPS) is 11.3. The molecule has 0 bridgehead atoms. The van der Waals surface area contributed by atoms with Crippen LogP contribution in [0.25, 0.3) is 21.8 Å². The van der Waals surface area contributed by atoms with E-state index in [1.165, 1.54) is 44.1 Å². The van der Waals surface area contributed by atoms with E-state index in [-0.39, 0.29) is 0 Å². The van der Waals surface area contributed by atoms with Crippen molar-refractivity contribution in [2.45, 2.75) is 41.2 Å². The maximum absolute atomic E-state index is 2.43. The molecular weight excluding hydrogens is 546 g/mol. The van der Waals surface area contributed by atoms with Gasteiger partial charge in [-0.15, -0.1) is 0 Å². The van der Waals surface area contributed by atoms with Gasteiger partial charge in [0.1, 0.15) is 0 Å². The van der Waals surface area contributed by atoms with Gasteiger partial charge in [-0.2, -0.15) is 0 Å². The molecule has 222 valence electrons. The molecule has 0 fully saturated rings. The predicted octanol–water partition coefficient (Wildman–Crippen LogP) is 12.0. The Morgan fingerprint density at radius 3 is 0.911 bits per heavy atom. The summed E-state index contributed by atoms with van der Waals surface area (Å²) in [6, 6.07) is 49.1. The Morgan fingerprint density at radius 1 is 0.378 bits per heavy atom. The lowest BCUT2D eigenvalue weighted by atomic mass is 10.1. The molecule has 6 aromatic carbocycles. The highest BCUT2D eigenvalue weighted by atomic mass is 15.1. The third kappa shape index (κ3) is 5.36. The van der Waals surface area contributed by atoms with E-state index >= 15 is 0 Å². The Hall–Kier alpha value is -5.28. The molecule has 0 saturated carbocycles. The Morgan fingerprint density at radius 2 is 0.644 bits per heavy atom. The highest BCUT2D eigenvalue weighted by Crippen LogP contribution is 2.42. The summed E-state index contributed by atoms with van der Waals surface area (Å²) in [7, 11) is 0. The Labute approximate surface area is 266 Å². The highest BCUT2D eigenvalue weighted by molar-refractivity contribution is 6.11. The van der Waals surface area contributed by atoms with Crippen LogP contribution in [0.5, 0.6) is 0 Å². The second kappa shape index (κ2) is 11.7. The first-order chi connectivity index (χ1) is 21.9. The van der Waals surface area contributed by atoms with Gasteiger partial charge in [-0.05, 0) is 120 Å². The van der Waals surface area contributed by atoms with Crippen molar-refractivity contribution < 1.29 is 0 Å². The first kappa shape index (κ1) is 28.5. The van der Waals surface area contributed by atoms with Gasteiger partial charge < -0.3 is 14.4 Å². The number of aryl methyl sites for hydroxylation is 5. The van der Waals surface area contributed by atoms with E-state index in [9.17, 15) is 0 Å². The van der Waals surface area contributed by atoms with Crippen molar-refractivity contribution in [2.75, 3.05) is 9.80 Å². The molecule has 1 heterocycles. The van der Waals surface area contributed by atoms with Crippen LogP contribution in [0.3, 0.4) is 0 Å². The van der Waals surface area contributed by atoms with Gasteiger partial charge >= 0.3 is 0 Å². The molecule has 0 aliphatic rings. The Balaban J connectivity index is 1.44. The van der Waals surface area contributed by atoms with Crippen molar-refractivity contribution in [3.05, 3.63) is 156 Å². The minimum atomic E-state index is 0.901. The minimum absolute atomic E-state index is 0.901. The molecule has 0 saturated heterocycles. The van der Waals surface area contributed by atoms with E-state index in [1.54, 1.807) is 0 Å². The van der Waals surface area contributed by atoms with Crippen molar-refractivity contribution in [2.24, 2.45) is 0 Å². The lowest BCUT2D eigenvalue weighted by Gasteiger charge is -2.26. The van der Waals surface area contributed by atoms with Crippen LogP contribution in [-0.4, -0.2) is 4.57 Å². The number of hydrogen-bond donors (Lipinski definition) is 0. The van der Waals surface area contributed by atoms with E-state index in [1.807, 2.05) is 0 Å². The molecule has 0 aliphatic heterocycles. The van der Waals surface area contributed by atoms with Crippen molar-refractivity contribution in [1.29, 1.82) is 0 Å². The molecule has 7 rings (SSSR count). The fourth-order valence-electron chi connectivity index (χ4n) is 6.37. The molecule has 0 radical (unpaired) electrons. The van der Waals surface area contributed by atoms with E-state index in [4.69, 9.17) is 0 Å². The monoisotopic (exact) mass is 585 g/mol. The summed E-state index contributed by atoms with van der Waals surface area (Å²) < 4.78 is 2.43. The van der Waals surface area contributed by atoms with Crippen LogP contribution in [0.15, 0.2) is 133 Å². The van der Waals surface area contributed by atoms with Gasteiger partial charge in [0.2, 0.25) is 0 Å². The number of benzene rings is 6. The average Bonchev–Trinajstić information content (AvgIpc) is 3.37. The summed E-state index contributed by atoms with van der Waals surface area (Å²) in [6.45, 7) is 11.7. The molecule has 0 N–H and O–H groups in total. The molecular formula is C42H39N3. The van der Waals surface area contributed by atoms with Gasteiger partial charge in [-0.25, -0.2) is 0 Å². The second-order valence-corrected chi connectivity index (χ2v) is 12.2. The first-order valence-electron chi connectivity index (χ1n) is 15.8. The van der Waals surface area contributed by atoms with E-state index in [2.05, 4.69) is 182 Å². The third-order valence-corrected chi connectivity index (χ3v) is 8.83. The van der Waals surface area contributed by atoms with Crippen LogP contribution in [0.2, 0.25) is 0 Å². The predicted molar refractivity (Wildman–Crippen MR) is 193 cm³/mol. The maximum atomic E-state index is 2.43. The van der Waals surface area contributed by atoms with Crippen molar-refractivity contribution in [1.82, 2.24) is 4.57 Å². The maximum Gasteiger partial charge on any atom is 0.0492 e. The smallest absolute Gasteiger partial charge is 0.0492 e. The average molecular weight is 586 g/mol. The van der Waals surface area contributed by atoms with Crippen LogP contribution in [0.4, 0.5) is 34.1 Å². The van der Waals surface area contributed by atoms with Gasteiger partial charge in [0.25, 0.3) is 0 Å². The zero-order valence-electron chi connectivity index (χ0n) is 26.8. The lowest BCUT2D eigenvalue weighted by Crippen LogP contribution is -2.10. The standard InChI is InChI=1S/C42H39N3/c1-6-43-41-25-23-37(44(33-15-7-29(2)8-16-33)34-17-9-30(3)10-18-34)27-39(41)40-28-38(24-26-42(40)43)45(35-19-11-31(4)12-20-35)36-21-13-32(5)14-22-36/h7-28H,6H2,1-5H3. The first-order valence-corrected chi connectivity index (χ1v) is 15.8. The van der Waals surface area contributed by atoms with Crippen LogP contribution in [0, 0.1) is 27.7 Å². The SMILES string of the molecule is CCn1c2ccc(N(c3ccc(C)cc3)c3ccc(C)cc3)cc2c2cc(N(c3ccc(C)cc3)c3ccc(C)cc3)ccc21. The van der Waals surface area contributed by atoms with Gasteiger partial charge in [-0.3, -0.25) is 0 Å². The molecule has 0 aliphatic carbocycles. The van der Waals surface area contributed by atoms with Crippen molar-refractivity contribution in [3.8, 4) is 0 Å². The van der Waals surface area contributed by atoms with Gasteiger partial charge in [0.15, 0.2) is 0 Å². The minimum Gasteiger partial charge on any atom is -0.341 e. The number of rotatable bonds is 7. The zero-order valence-corrected chi connectivity index (χ0v) is 26.8. The number of hydrogen-bond acceptors (Lipinski definition) is 2. The molecule has 45 heavy (non-hydrogen) atoms. The van der Waals surface area contributed by atoms with Crippen molar-refractivity contribution in [3.63, 3.8) is 0 Å². The van der Waals surface area contributed by atoms with Crippen LogP contribution in [0.1, 0.15) is 29.2 Å². The molecule has 0 amide bonds. The zero-order chi connectivity index (χ0) is 31.1.